The molecule has 1 aliphatic rings. The quantitative estimate of drug-likeness (QED) is 0.343. The first-order valence-electron chi connectivity index (χ1n) is 8.80. The summed E-state index contributed by atoms with van der Waals surface area (Å²) in [6.07, 6.45) is -3.97. The van der Waals surface area contributed by atoms with Crippen LogP contribution in [0, 0.1) is 0 Å². The Hall–Kier alpha value is -2.82. The van der Waals surface area contributed by atoms with Gasteiger partial charge in [-0.25, -0.2) is 0 Å². The lowest BCUT2D eigenvalue weighted by molar-refractivity contribution is -0.277. The summed E-state index contributed by atoms with van der Waals surface area (Å²) in [6.45, 7) is -0.592. The van der Waals surface area contributed by atoms with Crippen molar-refractivity contribution in [3.8, 4) is 23.0 Å². The number of ether oxygens (including phenoxy) is 2. The summed E-state index contributed by atoms with van der Waals surface area (Å²) < 4.78 is 10.6. The van der Waals surface area contributed by atoms with E-state index in [9.17, 15) is 35.7 Å². The molecule has 1 saturated heterocycles. The molecule has 0 bridgehead atoms. The standard InChI is InChI=1S/C20H22O9/c21-9-16-17(25)18(26)19(27)20(29-16)28-15-4-3-10(7-14(15)24)1-2-11-5-12(22)8-13(23)6-11/h1-8,16-27H,9H2/t16-,17-,18+,19-,20+/m1/s1. The van der Waals surface area contributed by atoms with E-state index in [4.69, 9.17) is 9.47 Å². The Labute approximate surface area is 165 Å². The van der Waals surface area contributed by atoms with Gasteiger partial charge in [-0.3, -0.25) is 0 Å². The summed E-state index contributed by atoms with van der Waals surface area (Å²) >= 11 is 0. The van der Waals surface area contributed by atoms with Crippen LogP contribution in [0.1, 0.15) is 11.1 Å². The molecule has 1 fully saturated rings. The molecular weight excluding hydrogens is 384 g/mol. The van der Waals surface area contributed by atoms with Crippen molar-refractivity contribution in [1.29, 1.82) is 0 Å². The van der Waals surface area contributed by atoms with Gasteiger partial charge in [0.1, 0.15) is 35.9 Å². The molecular formula is C20H22O9. The van der Waals surface area contributed by atoms with Crippen LogP contribution in [0.3, 0.4) is 0 Å². The van der Waals surface area contributed by atoms with Gasteiger partial charge in [0, 0.05) is 6.07 Å². The van der Waals surface area contributed by atoms with Crippen LogP contribution in [0.15, 0.2) is 36.4 Å². The molecule has 0 unspecified atom stereocenters. The summed E-state index contributed by atoms with van der Waals surface area (Å²) in [5.41, 5.74) is 1.12. The third-order valence-corrected chi connectivity index (χ3v) is 4.47. The molecule has 0 saturated carbocycles. The molecule has 1 aliphatic heterocycles. The zero-order chi connectivity index (χ0) is 21.1. The van der Waals surface area contributed by atoms with E-state index in [0.717, 1.165) is 0 Å². The van der Waals surface area contributed by atoms with Gasteiger partial charge in [-0.2, -0.15) is 0 Å². The van der Waals surface area contributed by atoms with Crippen LogP contribution in [0.2, 0.25) is 0 Å². The van der Waals surface area contributed by atoms with Crippen molar-refractivity contribution in [3.05, 3.63) is 47.5 Å². The number of aliphatic hydroxyl groups excluding tert-OH is 4. The zero-order valence-electron chi connectivity index (χ0n) is 15.2. The van der Waals surface area contributed by atoms with Crippen LogP contribution in [-0.2, 0) is 4.74 Å². The lowest BCUT2D eigenvalue weighted by atomic mass is 9.99. The van der Waals surface area contributed by atoms with Gasteiger partial charge in [0.2, 0.25) is 6.29 Å². The van der Waals surface area contributed by atoms with Crippen LogP contribution in [0.5, 0.6) is 23.0 Å². The normalized spacial score (nSPS) is 27.2. The predicted octanol–water partition coefficient (Wildman–Crippen LogP) is 0.152. The van der Waals surface area contributed by atoms with Gasteiger partial charge in [0.15, 0.2) is 11.5 Å². The minimum absolute atomic E-state index is 0.0403. The number of hydrogen-bond acceptors (Lipinski definition) is 9. The van der Waals surface area contributed by atoms with E-state index in [0.29, 0.717) is 11.1 Å². The van der Waals surface area contributed by atoms with Crippen LogP contribution in [-0.4, -0.2) is 73.1 Å². The zero-order valence-corrected chi connectivity index (χ0v) is 15.2. The number of benzene rings is 2. The maximum atomic E-state index is 10.2. The highest BCUT2D eigenvalue weighted by atomic mass is 16.7. The molecule has 5 atom stereocenters. The monoisotopic (exact) mass is 406 g/mol. The summed E-state index contributed by atoms with van der Waals surface area (Å²) in [4.78, 5) is 0. The van der Waals surface area contributed by atoms with Gasteiger partial charge >= 0.3 is 0 Å². The average molecular weight is 406 g/mol. The molecule has 0 amide bonds. The Morgan fingerprint density at radius 3 is 2.10 bits per heavy atom. The van der Waals surface area contributed by atoms with Crippen molar-refractivity contribution < 1.29 is 45.2 Å². The van der Waals surface area contributed by atoms with E-state index >= 15 is 0 Å². The summed E-state index contributed by atoms with van der Waals surface area (Å²) in [7, 11) is 0. The van der Waals surface area contributed by atoms with Crippen molar-refractivity contribution in [2.45, 2.75) is 30.7 Å². The minimum Gasteiger partial charge on any atom is -0.508 e. The first-order chi connectivity index (χ1) is 13.8. The molecule has 0 aliphatic carbocycles. The van der Waals surface area contributed by atoms with Crippen LogP contribution in [0.25, 0.3) is 12.2 Å². The number of aliphatic hydroxyl groups is 4. The molecule has 29 heavy (non-hydrogen) atoms. The number of rotatable bonds is 5. The van der Waals surface area contributed by atoms with Gasteiger partial charge in [-0.15, -0.1) is 0 Å². The van der Waals surface area contributed by atoms with E-state index in [1.807, 2.05) is 0 Å². The maximum absolute atomic E-state index is 10.2. The Morgan fingerprint density at radius 2 is 1.48 bits per heavy atom. The Balaban J connectivity index is 1.73. The molecule has 7 N–H and O–H groups in total. The number of phenolic OH excluding ortho intramolecular Hbond substituents is 3. The van der Waals surface area contributed by atoms with Gasteiger partial charge in [0.25, 0.3) is 0 Å². The van der Waals surface area contributed by atoms with Crippen molar-refractivity contribution in [1.82, 2.24) is 0 Å². The van der Waals surface area contributed by atoms with Crippen molar-refractivity contribution in [2.24, 2.45) is 0 Å². The van der Waals surface area contributed by atoms with Crippen molar-refractivity contribution >= 4 is 12.2 Å². The van der Waals surface area contributed by atoms with Crippen molar-refractivity contribution in [2.75, 3.05) is 6.61 Å². The average Bonchev–Trinajstić information content (AvgIpc) is 2.67. The fraction of sp³-hybridized carbons (Fsp3) is 0.300. The highest BCUT2D eigenvalue weighted by molar-refractivity contribution is 5.72. The number of phenols is 3. The Bertz CT molecular complexity index is 860. The molecule has 3 rings (SSSR count). The SMILES string of the molecule is OC[C@H]1O[C@H](Oc2ccc(C=Cc3cc(O)cc(O)c3)cc2O)[C@H](O)[C@@H](O)[C@@H]1O. The Morgan fingerprint density at radius 1 is 0.828 bits per heavy atom. The second-order valence-corrected chi connectivity index (χ2v) is 6.66. The second-order valence-electron chi connectivity index (χ2n) is 6.66. The maximum Gasteiger partial charge on any atom is 0.229 e. The van der Waals surface area contributed by atoms with Gasteiger partial charge in [0.05, 0.1) is 6.61 Å². The molecule has 2 aromatic rings. The Kier molecular flexibility index (Phi) is 6.26. The van der Waals surface area contributed by atoms with E-state index < -0.39 is 37.3 Å². The number of hydrogen-bond donors (Lipinski definition) is 7. The summed E-state index contributed by atoms with van der Waals surface area (Å²) in [5.74, 6) is -0.490. The van der Waals surface area contributed by atoms with E-state index in [-0.39, 0.29) is 23.0 Å². The largest absolute Gasteiger partial charge is 0.508 e. The topological polar surface area (TPSA) is 160 Å². The van der Waals surface area contributed by atoms with Gasteiger partial charge in [-0.1, -0.05) is 18.2 Å². The smallest absolute Gasteiger partial charge is 0.229 e. The predicted molar refractivity (Wildman–Crippen MR) is 101 cm³/mol. The molecule has 9 heteroatoms. The highest BCUT2D eigenvalue weighted by Crippen LogP contribution is 2.32. The van der Waals surface area contributed by atoms with E-state index in [2.05, 4.69) is 0 Å². The molecule has 2 aromatic carbocycles. The number of aromatic hydroxyl groups is 3. The molecule has 0 spiro atoms. The van der Waals surface area contributed by atoms with Crippen LogP contribution in [0.4, 0.5) is 0 Å². The summed E-state index contributed by atoms with van der Waals surface area (Å²) in [5, 5.41) is 68.0. The van der Waals surface area contributed by atoms with E-state index in [1.54, 1.807) is 18.2 Å². The third-order valence-electron chi connectivity index (χ3n) is 4.47. The van der Waals surface area contributed by atoms with Crippen LogP contribution < -0.4 is 4.74 Å². The van der Waals surface area contributed by atoms with E-state index in [1.165, 1.54) is 30.3 Å². The summed E-state index contributed by atoms with van der Waals surface area (Å²) in [6, 6.07) is 8.49. The van der Waals surface area contributed by atoms with Gasteiger partial charge < -0.3 is 45.2 Å². The lowest BCUT2D eigenvalue weighted by Crippen LogP contribution is -2.60. The third kappa shape index (κ3) is 4.78. The molecule has 156 valence electrons. The molecule has 1 heterocycles. The lowest BCUT2D eigenvalue weighted by Gasteiger charge is -2.39. The van der Waals surface area contributed by atoms with Gasteiger partial charge in [-0.05, 0) is 35.4 Å². The van der Waals surface area contributed by atoms with Crippen LogP contribution >= 0.6 is 0 Å². The van der Waals surface area contributed by atoms with Crippen molar-refractivity contribution in [3.63, 3.8) is 0 Å². The minimum atomic E-state index is -1.59. The molecule has 9 nitrogen and oxygen atoms in total. The second kappa shape index (κ2) is 8.68. The first kappa shape index (κ1) is 20.9. The highest BCUT2D eigenvalue weighted by Gasteiger charge is 2.44. The fourth-order valence-corrected chi connectivity index (χ4v) is 2.93. The molecule has 0 radical (unpaired) electrons. The fourth-order valence-electron chi connectivity index (χ4n) is 2.93. The first-order valence-corrected chi connectivity index (χ1v) is 8.80. The molecule has 0 aromatic heterocycles.